The first-order chi connectivity index (χ1) is 7.95. The predicted octanol–water partition coefficient (Wildman–Crippen LogP) is 1.45. The summed E-state index contributed by atoms with van der Waals surface area (Å²) in [6.45, 7) is 3.87. The molecule has 94 valence electrons. The van der Waals surface area contributed by atoms with Crippen LogP contribution in [0.5, 0.6) is 5.75 Å². The maximum Gasteiger partial charge on any atom is 0.239 e. The van der Waals surface area contributed by atoms with Crippen molar-refractivity contribution in [2.75, 3.05) is 0 Å². The third kappa shape index (κ3) is 3.42. The molecule has 0 fully saturated rings. The average molecular weight is 240 g/mol. The molecule has 1 amide bonds. The lowest BCUT2D eigenvalue weighted by Crippen LogP contribution is -2.38. The van der Waals surface area contributed by atoms with Gasteiger partial charge in [0.15, 0.2) is 11.6 Å². The molecule has 2 unspecified atom stereocenters. The molecule has 0 bridgehead atoms. The number of phenols is 1. The zero-order valence-electron chi connectivity index (χ0n) is 9.90. The zero-order valence-corrected chi connectivity index (χ0v) is 9.90. The van der Waals surface area contributed by atoms with Crippen LogP contribution in [0.2, 0.25) is 0 Å². The van der Waals surface area contributed by atoms with Crippen LogP contribution >= 0.6 is 0 Å². The number of halogens is 1. The average Bonchev–Trinajstić information content (AvgIpc) is 2.29. The Morgan fingerprint density at radius 3 is 2.71 bits per heavy atom. The van der Waals surface area contributed by atoms with Crippen molar-refractivity contribution in [3.05, 3.63) is 29.6 Å². The summed E-state index contributed by atoms with van der Waals surface area (Å²) in [5.41, 5.74) is 5.68. The molecule has 17 heavy (non-hydrogen) atoms. The lowest BCUT2D eigenvalue weighted by Gasteiger charge is -2.20. The van der Waals surface area contributed by atoms with Crippen molar-refractivity contribution >= 4 is 5.91 Å². The van der Waals surface area contributed by atoms with Crippen LogP contribution in [0, 0.1) is 5.82 Å². The van der Waals surface area contributed by atoms with E-state index in [2.05, 4.69) is 5.32 Å². The van der Waals surface area contributed by atoms with Crippen molar-refractivity contribution in [3.63, 3.8) is 0 Å². The van der Waals surface area contributed by atoms with Gasteiger partial charge in [-0.1, -0.05) is 13.0 Å². The minimum Gasteiger partial charge on any atom is -0.505 e. The van der Waals surface area contributed by atoms with E-state index in [1.54, 1.807) is 0 Å². The second-order valence-corrected chi connectivity index (χ2v) is 4.02. The first kappa shape index (κ1) is 13.4. The van der Waals surface area contributed by atoms with Crippen LogP contribution in [-0.4, -0.2) is 17.1 Å². The monoisotopic (exact) mass is 240 g/mol. The number of carbonyl (C=O) groups excluding carboxylic acids is 1. The van der Waals surface area contributed by atoms with Crippen molar-refractivity contribution in [2.24, 2.45) is 5.73 Å². The number of hydrogen-bond donors (Lipinski definition) is 3. The molecule has 0 aliphatic carbocycles. The van der Waals surface area contributed by atoms with Crippen LogP contribution in [-0.2, 0) is 4.79 Å². The van der Waals surface area contributed by atoms with Crippen LogP contribution in [0.3, 0.4) is 0 Å². The Balaban J connectivity index is 2.97. The molecule has 2 atom stereocenters. The van der Waals surface area contributed by atoms with E-state index in [9.17, 15) is 9.18 Å². The Labute approximate surface area is 99.6 Å². The van der Waals surface area contributed by atoms with Crippen molar-refractivity contribution in [1.29, 1.82) is 0 Å². The number of hydrogen-bond acceptors (Lipinski definition) is 3. The highest BCUT2D eigenvalue weighted by molar-refractivity contribution is 5.81. The lowest BCUT2D eigenvalue weighted by atomic mass is 10.0. The van der Waals surface area contributed by atoms with Gasteiger partial charge in [-0.25, -0.2) is 4.39 Å². The van der Waals surface area contributed by atoms with Crippen LogP contribution in [0.15, 0.2) is 18.2 Å². The molecule has 0 aliphatic rings. The van der Waals surface area contributed by atoms with Crippen LogP contribution < -0.4 is 11.1 Å². The number of benzene rings is 1. The molecule has 0 saturated heterocycles. The Bertz CT molecular complexity index is 409. The molecule has 4 N–H and O–H groups in total. The van der Waals surface area contributed by atoms with E-state index in [1.807, 2.05) is 13.8 Å². The fraction of sp³-hybridized carbons (Fsp3) is 0.417. The van der Waals surface area contributed by atoms with Crippen LogP contribution in [0.1, 0.15) is 31.9 Å². The number of amides is 1. The van der Waals surface area contributed by atoms with Gasteiger partial charge in [0.05, 0.1) is 0 Å². The molecule has 0 saturated carbocycles. The standard InChI is InChI=1S/C12H17FN2O2/c1-3-7(2)15-11(12(14)17)8-4-5-10(16)9(13)6-8/h4-7,11,15-16H,3H2,1-2H3,(H2,14,17). The molecule has 5 heteroatoms. The molecule has 1 aromatic carbocycles. The van der Waals surface area contributed by atoms with Crippen LogP contribution in [0.4, 0.5) is 4.39 Å². The van der Waals surface area contributed by atoms with E-state index in [0.29, 0.717) is 5.56 Å². The topological polar surface area (TPSA) is 75.3 Å². The minimum absolute atomic E-state index is 0.0874. The van der Waals surface area contributed by atoms with Gasteiger partial charge in [-0.3, -0.25) is 10.1 Å². The van der Waals surface area contributed by atoms with E-state index in [0.717, 1.165) is 12.5 Å². The normalized spacial score (nSPS) is 14.3. The number of rotatable bonds is 5. The number of aromatic hydroxyl groups is 1. The Hall–Kier alpha value is -1.62. The quantitative estimate of drug-likeness (QED) is 0.729. The minimum atomic E-state index is -0.764. The first-order valence-corrected chi connectivity index (χ1v) is 5.49. The molecule has 0 heterocycles. The summed E-state index contributed by atoms with van der Waals surface area (Å²) in [7, 11) is 0. The molecule has 1 aromatic rings. The van der Waals surface area contributed by atoms with Crippen molar-refractivity contribution < 1.29 is 14.3 Å². The van der Waals surface area contributed by atoms with Gasteiger partial charge in [-0.05, 0) is 31.0 Å². The van der Waals surface area contributed by atoms with E-state index in [-0.39, 0.29) is 6.04 Å². The molecule has 0 aliphatic heterocycles. The largest absolute Gasteiger partial charge is 0.505 e. The number of nitrogens with one attached hydrogen (secondary N) is 1. The Kier molecular flexibility index (Phi) is 4.45. The molecule has 1 rings (SSSR count). The van der Waals surface area contributed by atoms with Gasteiger partial charge in [-0.2, -0.15) is 0 Å². The molecule has 4 nitrogen and oxygen atoms in total. The summed E-state index contributed by atoms with van der Waals surface area (Å²) in [5, 5.41) is 12.1. The predicted molar refractivity (Wildman–Crippen MR) is 62.9 cm³/mol. The highest BCUT2D eigenvalue weighted by atomic mass is 19.1. The SMILES string of the molecule is CCC(C)NC(C(N)=O)c1ccc(O)c(F)c1. The fourth-order valence-electron chi connectivity index (χ4n) is 1.45. The third-order valence-electron chi connectivity index (χ3n) is 2.65. The van der Waals surface area contributed by atoms with Crippen LogP contribution in [0.25, 0.3) is 0 Å². The zero-order chi connectivity index (χ0) is 13.0. The van der Waals surface area contributed by atoms with Gasteiger partial charge < -0.3 is 10.8 Å². The molecule has 0 aromatic heterocycles. The highest BCUT2D eigenvalue weighted by Crippen LogP contribution is 2.21. The van der Waals surface area contributed by atoms with Crippen molar-refractivity contribution in [3.8, 4) is 5.75 Å². The Morgan fingerprint density at radius 1 is 1.59 bits per heavy atom. The number of phenolic OH excluding ortho intramolecular Hbond substituents is 1. The van der Waals surface area contributed by atoms with E-state index in [4.69, 9.17) is 10.8 Å². The van der Waals surface area contributed by atoms with Gasteiger partial charge >= 0.3 is 0 Å². The van der Waals surface area contributed by atoms with E-state index < -0.39 is 23.5 Å². The third-order valence-corrected chi connectivity index (χ3v) is 2.65. The lowest BCUT2D eigenvalue weighted by molar-refractivity contribution is -0.120. The maximum absolute atomic E-state index is 13.2. The summed E-state index contributed by atoms with van der Waals surface area (Å²) < 4.78 is 13.2. The highest BCUT2D eigenvalue weighted by Gasteiger charge is 2.20. The smallest absolute Gasteiger partial charge is 0.239 e. The molecule has 0 radical (unpaired) electrons. The fourth-order valence-corrected chi connectivity index (χ4v) is 1.45. The van der Waals surface area contributed by atoms with Gasteiger partial charge in [0, 0.05) is 6.04 Å². The van der Waals surface area contributed by atoms with E-state index >= 15 is 0 Å². The van der Waals surface area contributed by atoms with Crippen molar-refractivity contribution in [1.82, 2.24) is 5.32 Å². The van der Waals surface area contributed by atoms with Gasteiger partial charge in [0.2, 0.25) is 5.91 Å². The van der Waals surface area contributed by atoms with Gasteiger partial charge in [0.1, 0.15) is 6.04 Å². The number of nitrogens with two attached hydrogens (primary N) is 1. The Morgan fingerprint density at radius 2 is 2.24 bits per heavy atom. The first-order valence-electron chi connectivity index (χ1n) is 5.49. The van der Waals surface area contributed by atoms with Gasteiger partial charge in [0.25, 0.3) is 0 Å². The second kappa shape index (κ2) is 5.63. The molecular weight excluding hydrogens is 223 g/mol. The second-order valence-electron chi connectivity index (χ2n) is 4.02. The summed E-state index contributed by atoms with van der Waals surface area (Å²) in [5.74, 6) is -1.78. The number of primary amides is 1. The van der Waals surface area contributed by atoms with Crippen molar-refractivity contribution in [2.45, 2.75) is 32.4 Å². The van der Waals surface area contributed by atoms with E-state index in [1.165, 1.54) is 12.1 Å². The number of carbonyl (C=O) groups is 1. The van der Waals surface area contributed by atoms with Gasteiger partial charge in [-0.15, -0.1) is 0 Å². The summed E-state index contributed by atoms with van der Waals surface area (Å²) in [6.07, 6.45) is 0.824. The molecular formula is C12H17FN2O2. The summed E-state index contributed by atoms with van der Waals surface area (Å²) in [4.78, 5) is 11.3. The summed E-state index contributed by atoms with van der Waals surface area (Å²) >= 11 is 0. The maximum atomic E-state index is 13.2. The summed E-state index contributed by atoms with van der Waals surface area (Å²) in [6, 6.07) is 3.13. The molecule has 0 spiro atoms.